The Morgan fingerprint density at radius 3 is 2.85 bits per heavy atom. The molecule has 0 fully saturated rings. The van der Waals surface area contributed by atoms with E-state index in [9.17, 15) is 4.79 Å². The molecule has 7 heteroatoms. The maximum atomic E-state index is 12.3. The minimum atomic E-state index is -0.353. The topological polar surface area (TPSA) is 43.6 Å². The van der Waals surface area contributed by atoms with Gasteiger partial charge in [-0.05, 0) is 35.9 Å². The quantitative estimate of drug-likeness (QED) is 0.571. The molecule has 0 unspecified atom stereocenters. The summed E-state index contributed by atoms with van der Waals surface area (Å²) in [5.41, 5.74) is 1.74. The lowest BCUT2D eigenvalue weighted by atomic mass is 10.2. The van der Waals surface area contributed by atoms with Crippen LogP contribution in [0.1, 0.15) is 5.56 Å². The molecule has 2 aromatic carbocycles. The van der Waals surface area contributed by atoms with Crippen LogP contribution in [0.15, 0.2) is 53.5 Å². The monoisotopic (exact) mass is 406 g/mol. The Morgan fingerprint density at radius 2 is 2.08 bits per heavy atom. The second-order valence-electron chi connectivity index (χ2n) is 5.45. The molecule has 0 radical (unpaired) electrons. The lowest BCUT2D eigenvalue weighted by Gasteiger charge is -2.03. The summed E-state index contributed by atoms with van der Waals surface area (Å²) in [5, 5.41) is 1.23. The van der Waals surface area contributed by atoms with Crippen molar-refractivity contribution in [3.05, 3.63) is 69.0 Å². The van der Waals surface area contributed by atoms with Gasteiger partial charge >= 0.3 is 0 Å². The number of rotatable bonds is 5. The zero-order chi connectivity index (χ0) is 18.5. The lowest BCUT2D eigenvalue weighted by Crippen LogP contribution is -2.18. The van der Waals surface area contributed by atoms with Gasteiger partial charge in [0.05, 0.1) is 16.8 Å². The van der Waals surface area contributed by atoms with E-state index in [1.54, 1.807) is 19.3 Å². The predicted molar refractivity (Wildman–Crippen MR) is 108 cm³/mol. The van der Waals surface area contributed by atoms with Crippen LogP contribution in [0.4, 0.5) is 0 Å². The number of thiazole rings is 1. The number of methoxy groups -OCH3 is 1. The third-order valence-corrected chi connectivity index (χ3v) is 5.30. The molecule has 0 aliphatic carbocycles. The molecule has 1 amide bonds. The fourth-order valence-electron chi connectivity index (χ4n) is 2.43. The number of hydrogen-bond donors (Lipinski definition) is 0. The minimum Gasteiger partial charge on any atom is -0.383 e. The van der Waals surface area contributed by atoms with E-state index < -0.39 is 0 Å². The first-order valence-corrected chi connectivity index (χ1v) is 9.45. The molecule has 134 valence electrons. The Morgan fingerprint density at radius 1 is 1.27 bits per heavy atom. The third-order valence-electron chi connectivity index (χ3n) is 3.68. The number of carbonyl (C=O) groups excluding carboxylic acids is 1. The number of amides is 1. The summed E-state index contributed by atoms with van der Waals surface area (Å²) in [7, 11) is 1.64. The first-order valence-electron chi connectivity index (χ1n) is 7.87. The van der Waals surface area contributed by atoms with Gasteiger partial charge in [-0.1, -0.05) is 52.7 Å². The molecule has 0 aliphatic rings. The van der Waals surface area contributed by atoms with Crippen LogP contribution in [0, 0.1) is 0 Å². The number of hydrogen-bond acceptors (Lipinski definition) is 3. The Labute approximate surface area is 165 Å². The lowest BCUT2D eigenvalue weighted by molar-refractivity contribution is -0.113. The molecule has 1 heterocycles. The molecule has 3 rings (SSSR count). The molecule has 0 saturated carbocycles. The predicted octanol–water partition coefficient (Wildman–Crippen LogP) is 4.80. The largest absolute Gasteiger partial charge is 0.383 e. The number of aromatic nitrogens is 1. The average molecular weight is 407 g/mol. The summed E-state index contributed by atoms with van der Waals surface area (Å²) in [6.45, 7) is 1.11. The second kappa shape index (κ2) is 8.64. The molecule has 26 heavy (non-hydrogen) atoms. The van der Waals surface area contributed by atoms with E-state index in [0.717, 1.165) is 15.8 Å². The highest BCUT2D eigenvalue weighted by Gasteiger charge is 2.08. The summed E-state index contributed by atoms with van der Waals surface area (Å²) < 4.78 is 8.10. The Hall–Kier alpha value is -1.92. The van der Waals surface area contributed by atoms with E-state index >= 15 is 0 Å². The minimum absolute atomic E-state index is 0.353. The smallest absolute Gasteiger partial charge is 0.272 e. The number of carbonyl (C=O) groups is 1. The number of ether oxygens (including phenoxy) is 1. The van der Waals surface area contributed by atoms with E-state index in [1.807, 2.05) is 41.0 Å². The number of benzene rings is 2. The maximum absolute atomic E-state index is 12.3. The number of halogens is 2. The fraction of sp³-hybridized carbons (Fsp3) is 0.158. The van der Waals surface area contributed by atoms with Crippen molar-refractivity contribution in [3.8, 4) is 0 Å². The summed E-state index contributed by atoms with van der Waals surface area (Å²) in [6.07, 6.45) is 3.08. The van der Waals surface area contributed by atoms with Gasteiger partial charge in [0.25, 0.3) is 5.91 Å². The highest BCUT2D eigenvalue weighted by Crippen LogP contribution is 2.22. The molecule has 0 N–H and O–H groups in total. The van der Waals surface area contributed by atoms with Gasteiger partial charge in [0.15, 0.2) is 4.80 Å². The highest BCUT2D eigenvalue weighted by molar-refractivity contribution is 7.16. The standard InChI is InChI=1S/C19H16Cl2N2O2S/c1-25-11-10-23-16-8-7-14(20)12-17(16)26-19(23)22-18(24)9-6-13-4-2-3-5-15(13)21/h2-9,12H,10-11H2,1H3/b9-6+,22-19?. The zero-order valence-corrected chi connectivity index (χ0v) is 16.3. The van der Waals surface area contributed by atoms with E-state index in [1.165, 1.54) is 17.4 Å². The van der Waals surface area contributed by atoms with Gasteiger partial charge in [0, 0.05) is 29.8 Å². The zero-order valence-electron chi connectivity index (χ0n) is 14.0. The van der Waals surface area contributed by atoms with Crippen LogP contribution in [0.2, 0.25) is 10.0 Å². The molecule has 1 aromatic heterocycles. The molecule has 0 saturated heterocycles. The molecule has 0 atom stereocenters. The summed E-state index contributed by atoms with van der Waals surface area (Å²) >= 11 is 13.6. The van der Waals surface area contributed by atoms with Crippen molar-refractivity contribution in [1.82, 2.24) is 4.57 Å². The molecule has 0 bridgehead atoms. The number of fused-ring (bicyclic) bond motifs is 1. The maximum Gasteiger partial charge on any atom is 0.272 e. The van der Waals surface area contributed by atoms with Crippen LogP contribution in [-0.2, 0) is 16.1 Å². The third kappa shape index (κ3) is 4.43. The SMILES string of the molecule is COCCn1c(=NC(=O)/C=C/c2ccccc2Cl)sc2cc(Cl)ccc21. The van der Waals surface area contributed by atoms with E-state index in [0.29, 0.717) is 28.0 Å². The van der Waals surface area contributed by atoms with Crippen molar-refractivity contribution in [1.29, 1.82) is 0 Å². The summed E-state index contributed by atoms with van der Waals surface area (Å²) in [5.74, 6) is -0.353. The van der Waals surface area contributed by atoms with Gasteiger partial charge in [-0.15, -0.1) is 0 Å². The van der Waals surface area contributed by atoms with Crippen LogP contribution in [0.25, 0.3) is 16.3 Å². The molecular formula is C19H16Cl2N2O2S. The normalized spacial score (nSPS) is 12.3. The Kier molecular flexibility index (Phi) is 6.27. The molecule has 0 aliphatic heterocycles. The van der Waals surface area contributed by atoms with E-state index in [2.05, 4.69) is 4.99 Å². The van der Waals surface area contributed by atoms with Gasteiger partial charge in [-0.3, -0.25) is 4.79 Å². The van der Waals surface area contributed by atoms with Crippen molar-refractivity contribution in [2.75, 3.05) is 13.7 Å². The molecule has 4 nitrogen and oxygen atoms in total. The molecular weight excluding hydrogens is 391 g/mol. The average Bonchev–Trinajstić information content (AvgIpc) is 2.95. The van der Waals surface area contributed by atoms with Gasteiger partial charge in [-0.25, -0.2) is 0 Å². The van der Waals surface area contributed by atoms with Gasteiger partial charge in [-0.2, -0.15) is 4.99 Å². The van der Waals surface area contributed by atoms with Crippen molar-refractivity contribution in [3.63, 3.8) is 0 Å². The second-order valence-corrected chi connectivity index (χ2v) is 7.30. The van der Waals surface area contributed by atoms with Crippen molar-refractivity contribution < 1.29 is 9.53 Å². The Bertz CT molecular complexity index is 1040. The summed E-state index contributed by atoms with van der Waals surface area (Å²) in [6, 6.07) is 12.9. The van der Waals surface area contributed by atoms with Gasteiger partial charge in [0.2, 0.25) is 0 Å². The van der Waals surface area contributed by atoms with Crippen LogP contribution < -0.4 is 4.80 Å². The van der Waals surface area contributed by atoms with Crippen LogP contribution in [0.3, 0.4) is 0 Å². The van der Waals surface area contributed by atoms with E-state index in [4.69, 9.17) is 27.9 Å². The fourth-order valence-corrected chi connectivity index (χ4v) is 3.97. The first-order chi connectivity index (χ1) is 12.6. The first kappa shape index (κ1) is 18.9. The van der Waals surface area contributed by atoms with E-state index in [-0.39, 0.29) is 5.91 Å². The number of nitrogens with zero attached hydrogens (tertiary/aromatic N) is 2. The molecule has 3 aromatic rings. The highest BCUT2D eigenvalue weighted by atomic mass is 35.5. The van der Waals surface area contributed by atoms with Crippen molar-refractivity contribution in [2.45, 2.75) is 6.54 Å². The van der Waals surface area contributed by atoms with Gasteiger partial charge < -0.3 is 9.30 Å². The van der Waals surface area contributed by atoms with Crippen molar-refractivity contribution in [2.24, 2.45) is 4.99 Å². The molecule has 0 spiro atoms. The van der Waals surface area contributed by atoms with Gasteiger partial charge in [0.1, 0.15) is 0 Å². The van der Waals surface area contributed by atoms with Crippen LogP contribution >= 0.6 is 34.5 Å². The Balaban J connectivity index is 1.97. The summed E-state index contributed by atoms with van der Waals surface area (Å²) in [4.78, 5) is 17.1. The van der Waals surface area contributed by atoms with Crippen LogP contribution in [-0.4, -0.2) is 24.2 Å². The van der Waals surface area contributed by atoms with Crippen molar-refractivity contribution >= 4 is 56.7 Å². The van der Waals surface area contributed by atoms with Crippen LogP contribution in [0.5, 0.6) is 0 Å².